The van der Waals surface area contributed by atoms with E-state index < -0.39 is 22.4 Å². The fraction of sp³-hybridized carbons (Fsp3) is 0.875. The summed E-state index contributed by atoms with van der Waals surface area (Å²) in [5.74, 6) is -1.19. The van der Waals surface area contributed by atoms with Gasteiger partial charge in [0, 0.05) is 10.5 Å². The maximum absolute atomic E-state index is 9.87. The van der Waals surface area contributed by atoms with Crippen LogP contribution in [0.15, 0.2) is 0 Å². The van der Waals surface area contributed by atoms with E-state index >= 15 is 0 Å². The van der Waals surface area contributed by atoms with Gasteiger partial charge in [-0.2, -0.15) is 50.5 Å². The van der Waals surface area contributed by atoms with Crippen molar-refractivity contribution < 1.29 is 19.8 Å². The van der Waals surface area contributed by atoms with Crippen LogP contribution in [0.3, 0.4) is 0 Å². The average molecular weight is 535 g/mol. The fourth-order valence-corrected chi connectivity index (χ4v) is 6.55. The van der Waals surface area contributed by atoms with Gasteiger partial charge in [-0.3, -0.25) is 0 Å². The molecule has 0 saturated carbocycles. The van der Waals surface area contributed by atoms with Gasteiger partial charge in [-0.1, -0.05) is 0 Å². The van der Waals surface area contributed by atoms with E-state index in [2.05, 4.69) is 64.4 Å². The summed E-state index contributed by atoms with van der Waals surface area (Å²) < 4.78 is 3.25. The molecule has 0 saturated heterocycles. The van der Waals surface area contributed by atoms with Crippen molar-refractivity contribution in [2.24, 2.45) is 0 Å². The molecule has 4 nitrogen and oxygen atoms in total. The normalized spacial score (nSPS) is 11.8. The number of hydrogen-bond acceptors (Lipinski definition) is 8. The van der Waals surface area contributed by atoms with E-state index in [1.54, 1.807) is 8.87 Å². The molecule has 148 valence electrons. The molecule has 0 aromatic carbocycles. The van der Waals surface area contributed by atoms with Gasteiger partial charge in [0.1, 0.15) is 0 Å². The number of carbonyl (C=O) groups is 2. The molecule has 2 unspecified atom stereocenters. The molecule has 0 heterocycles. The van der Waals surface area contributed by atoms with Crippen LogP contribution in [0.4, 0.5) is 0 Å². The minimum absolute atomic E-state index is 0.149. The monoisotopic (exact) mass is 536 g/mol. The molecule has 0 aliphatic rings. The average Bonchev–Trinajstić information content (AvgIpc) is 2.56. The minimum atomic E-state index is -1.12. The maximum Gasteiger partial charge on any atom is 0.0542 e. The Morgan fingerprint density at radius 3 is 1.32 bits per heavy atom. The second-order valence-corrected chi connectivity index (χ2v) is 11.6. The third kappa shape index (κ3) is 30.1. The summed E-state index contributed by atoms with van der Waals surface area (Å²) in [6, 6.07) is 0. The summed E-state index contributed by atoms with van der Waals surface area (Å²) in [5.41, 5.74) is 0. The Labute approximate surface area is 185 Å². The third-order valence-electron chi connectivity index (χ3n) is 2.76. The van der Waals surface area contributed by atoms with E-state index in [9.17, 15) is 19.8 Å². The van der Waals surface area contributed by atoms with Crippen LogP contribution in [0.1, 0.15) is 52.4 Å². The van der Waals surface area contributed by atoms with Crippen molar-refractivity contribution in [2.45, 2.75) is 71.7 Å². The van der Waals surface area contributed by atoms with E-state index in [1.807, 2.05) is 0 Å². The Kier molecular flexibility index (Phi) is 31.0. The molecule has 0 rings (SSSR count). The fourth-order valence-electron chi connectivity index (χ4n) is 1.21. The van der Waals surface area contributed by atoms with Crippen LogP contribution in [0.5, 0.6) is 0 Å². The van der Waals surface area contributed by atoms with Crippen molar-refractivity contribution in [2.75, 3.05) is 11.5 Å². The molecule has 0 spiro atoms. The molecule has 2 atom stereocenters. The minimum Gasteiger partial charge on any atom is -0.549 e. The van der Waals surface area contributed by atoms with Gasteiger partial charge in [0.05, 0.1) is 11.9 Å². The molecule has 0 radical (unpaired) electrons. The van der Waals surface area contributed by atoms with Crippen LogP contribution in [0, 0.1) is 0 Å². The molecule has 9 heteroatoms. The Morgan fingerprint density at radius 1 is 0.840 bits per heavy atom. The zero-order chi connectivity index (χ0) is 20.1. The van der Waals surface area contributed by atoms with E-state index in [0.29, 0.717) is 24.3 Å². The van der Waals surface area contributed by atoms with E-state index in [1.165, 1.54) is 25.7 Å². The van der Waals surface area contributed by atoms with Gasteiger partial charge in [0.25, 0.3) is 0 Å². The molecule has 25 heavy (non-hydrogen) atoms. The van der Waals surface area contributed by atoms with Crippen LogP contribution in [0.2, 0.25) is 8.87 Å². The van der Waals surface area contributed by atoms with Crippen molar-refractivity contribution in [1.29, 1.82) is 0 Å². The predicted octanol–water partition coefficient (Wildman–Crippen LogP) is 1.84. The standard InChI is InChI=1S/2C4H8O2S2.2C4H9.Sn/c2*5-4(6)3(8)1-2-7;2*1-3-4-2;/h2*3,7-8H,1-2H2,(H,5,6);2*1,3-4H2,2H3;/q;;;;+2/p-2. The summed E-state index contributed by atoms with van der Waals surface area (Å²) in [6.45, 7) is 4.58. The first-order valence-corrected chi connectivity index (χ1v) is 14.8. The summed E-state index contributed by atoms with van der Waals surface area (Å²) in [7, 11) is 0. The Hall–Kier alpha value is 1.14. The second-order valence-electron chi connectivity index (χ2n) is 5.15. The van der Waals surface area contributed by atoms with Crippen molar-refractivity contribution in [3.05, 3.63) is 0 Å². The second kappa shape index (κ2) is 25.1. The zero-order valence-electron chi connectivity index (χ0n) is 15.1. The first kappa shape index (κ1) is 30.9. The van der Waals surface area contributed by atoms with Crippen LogP contribution in [-0.2, 0) is 9.59 Å². The van der Waals surface area contributed by atoms with Gasteiger partial charge >= 0.3 is 69.5 Å². The van der Waals surface area contributed by atoms with Gasteiger partial charge in [-0.05, 0) is 24.3 Å². The van der Waals surface area contributed by atoms with Crippen molar-refractivity contribution in [1.82, 2.24) is 0 Å². The number of hydrogen-bond donors (Lipinski definition) is 4. The molecule has 0 aromatic heterocycles. The Bertz CT molecular complexity index is 282. The van der Waals surface area contributed by atoms with Crippen molar-refractivity contribution in [3.8, 4) is 0 Å². The number of carboxylic acid groups (broad SMARTS) is 2. The molecule has 0 amide bonds. The number of thiol groups is 4. The summed E-state index contributed by atoms with van der Waals surface area (Å²) in [5, 5.41) is 18.4. The largest absolute Gasteiger partial charge is 0.549 e. The number of rotatable bonds is 12. The SMILES string of the molecule is CCC[CH2][Sn+2][CH2]CCC.O=C([O-])C(S)CCS.O=C([O-])C(S)CCS. The van der Waals surface area contributed by atoms with Gasteiger partial charge in [-0.15, -0.1) is 0 Å². The van der Waals surface area contributed by atoms with E-state index in [-0.39, 0.29) is 21.1 Å². The molecule has 0 aromatic rings. The topological polar surface area (TPSA) is 80.3 Å². The van der Waals surface area contributed by atoms with Crippen molar-refractivity contribution >= 4 is 83.6 Å². The first-order valence-electron chi connectivity index (χ1n) is 8.48. The van der Waals surface area contributed by atoms with Crippen LogP contribution in [-0.4, -0.2) is 55.1 Å². The van der Waals surface area contributed by atoms with Gasteiger partial charge in [0.2, 0.25) is 0 Å². The predicted molar refractivity (Wildman–Crippen MR) is 118 cm³/mol. The summed E-state index contributed by atoms with van der Waals surface area (Å²) in [4.78, 5) is 19.7. The van der Waals surface area contributed by atoms with Crippen molar-refractivity contribution in [3.63, 3.8) is 0 Å². The van der Waals surface area contributed by atoms with E-state index in [4.69, 9.17) is 0 Å². The molecule has 0 bridgehead atoms. The van der Waals surface area contributed by atoms with E-state index in [0.717, 1.165) is 0 Å². The molecular weight excluding hydrogens is 503 g/mol. The quantitative estimate of drug-likeness (QED) is 0.175. The molecule has 0 fully saturated rings. The first-order chi connectivity index (χ1) is 11.8. The molecular formula is C16H32O4S4Sn. The van der Waals surface area contributed by atoms with Gasteiger partial charge in [0.15, 0.2) is 0 Å². The summed E-state index contributed by atoms with van der Waals surface area (Å²) >= 11 is 15.2. The smallest absolute Gasteiger partial charge is 0.0542 e. The van der Waals surface area contributed by atoms with Gasteiger partial charge in [-0.25, -0.2) is 0 Å². The maximum atomic E-state index is 9.87. The third-order valence-corrected chi connectivity index (χ3v) is 8.25. The van der Waals surface area contributed by atoms with Crippen LogP contribution in [0.25, 0.3) is 0 Å². The van der Waals surface area contributed by atoms with Crippen LogP contribution < -0.4 is 10.2 Å². The number of carbonyl (C=O) groups excluding carboxylic acids is 2. The summed E-state index contributed by atoms with van der Waals surface area (Å²) in [6.07, 6.45) is 6.74. The molecule has 0 N–H and O–H groups in total. The number of aliphatic carboxylic acids is 2. The zero-order valence-corrected chi connectivity index (χ0v) is 21.6. The Balaban J connectivity index is -0.000000291. The van der Waals surface area contributed by atoms with Crippen LogP contribution >= 0.6 is 50.5 Å². The van der Waals surface area contributed by atoms with Gasteiger partial charge < -0.3 is 19.8 Å². The number of carboxylic acids is 2. The molecule has 0 aliphatic carbocycles. The molecule has 0 aliphatic heterocycles. The Morgan fingerprint density at radius 2 is 1.16 bits per heavy atom. The number of unbranched alkanes of at least 4 members (excludes halogenated alkanes) is 2.